The van der Waals surface area contributed by atoms with Crippen molar-refractivity contribution in [3.8, 4) is 0 Å². The van der Waals surface area contributed by atoms with Crippen molar-refractivity contribution in [2.45, 2.75) is 25.4 Å². The quantitative estimate of drug-likeness (QED) is 0.667. The van der Waals surface area contributed by atoms with Crippen LogP contribution < -0.4 is 4.90 Å². The molecule has 22 heavy (non-hydrogen) atoms. The summed E-state index contributed by atoms with van der Waals surface area (Å²) in [5.41, 5.74) is 1.34. The molecule has 2 heterocycles. The van der Waals surface area contributed by atoms with Crippen LogP contribution in [0.5, 0.6) is 0 Å². The molecule has 2 N–H and O–H groups in total. The Hall–Kier alpha value is -2.41. The number of hydrogen-bond donors (Lipinski definition) is 2. The van der Waals surface area contributed by atoms with Gasteiger partial charge in [0, 0.05) is 37.5 Å². The summed E-state index contributed by atoms with van der Waals surface area (Å²) in [6, 6.07) is 4.77. The van der Waals surface area contributed by atoms with Gasteiger partial charge in [-0.05, 0) is 30.5 Å². The molecule has 1 saturated heterocycles. The summed E-state index contributed by atoms with van der Waals surface area (Å²) in [5, 5.41) is 20.6. The molecule has 3 rings (SSSR count). The van der Waals surface area contributed by atoms with Gasteiger partial charge in [-0.2, -0.15) is 0 Å². The third kappa shape index (κ3) is 2.80. The van der Waals surface area contributed by atoms with Crippen molar-refractivity contribution < 1.29 is 10.0 Å². The molecule has 0 radical (unpaired) electrons. The van der Waals surface area contributed by atoms with Crippen LogP contribution in [0.15, 0.2) is 30.6 Å². The summed E-state index contributed by atoms with van der Waals surface area (Å²) in [6.45, 7) is 1.33. The molecule has 0 bridgehead atoms. The maximum atomic E-state index is 11.3. The number of nitro benzene ring substituents is 1. The Bertz CT molecular complexity index is 657. The van der Waals surface area contributed by atoms with Gasteiger partial charge in [-0.15, -0.1) is 0 Å². The van der Waals surface area contributed by atoms with Gasteiger partial charge in [-0.1, -0.05) is 0 Å². The van der Waals surface area contributed by atoms with Crippen molar-refractivity contribution in [1.82, 2.24) is 9.97 Å². The van der Waals surface area contributed by atoms with Crippen LogP contribution in [0.1, 0.15) is 30.1 Å². The van der Waals surface area contributed by atoms with Crippen molar-refractivity contribution in [3.63, 3.8) is 0 Å². The van der Waals surface area contributed by atoms with Crippen LogP contribution in [0.4, 0.5) is 11.4 Å². The van der Waals surface area contributed by atoms with E-state index in [1.807, 2.05) is 4.90 Å². The van der Waals surface area contributed by atoms with E-state index in [2.05, 4.69) is 9.97 Å². The van der Waals surface area contributed by atoms with Gasteiger partial charge in [0.25, 0.3) is 5.69 Å². The van der Waals surface area contributed by atoms with E-state index < -0.39 is 0 Å². The molecule has 0 spiro atoms. The minimum atomic E-state index is -0.368. The van der Waals surface area contributed by atoms with Gasteiger partial charge in [0.1, 0.15) is 11.5 Å². The molecule has 7 heteroatoms. The van der Waals surface area contributed by atoms with E-state index in [4.69, 9.17) is 0 Å². The molecule has 7 nitrogen and oxygen atoms in total. The van der Waals surface area contributed by atoms with Gasteiger partial charge in [0.2, 0.25) is 0 Å². The number of hydrogen-bond acceptors (Lipinski definition) is 5. The second-order valence-corrected chi connectivity index (χ2v) is 5.50. The molecule has 1 aromatic carbocycles. The molecule has 1 aliphatic heterocycles. The normalized spacial score (nSPS) is 18.4. The minimum absolute atomic E-state index is 0.0808. The highest BCUT2D eigenvalue weighted by molar-refractivity contribution is 5.65. The maximum Gasteiger partial charge on any atom is 0.292 e. The molecule has 1 aliphatic rings. The maximum absolute atomic E-state index is 11.3. The van der Waals surface area contributed by atoms with Gasteiger partial charge >= 0.3 is 0 Å². The van der Waals surface area contributed by atoms with Crippen LogP contribution >= 0.6 is 0 Å². The number of aliphatic hydroxyl groups excluding tert-OH is 1. The number of aromatic nitrogens is 2. The number of anilines is 1. The van der Waals surface area contributed by atoms with Crippen molar-refractivity contribution in [2.75, 3.05) is 18.0 Å². The lowest BCUT2D eigenvalue weighted by Crippen LogP contribution is -2.35. The number of benzene rings is 1. The molecule has 0 saturated carbocycles. The van der Waals surface area contributed by atoms with Crippen molar-refractivity contribution in [1.29, 1.82) is 0 Å². The number of nitrogens with zero attached hydrogens (tertiary/aromatic N) is 3. The number of aliphatic hydroxyl groups is 1. The fourth-order valence-corrected chi connectivity index (χ4v) is 2.99. The first-order chi connectivity index (χ1) is 10.7. The average molecular weight is 302 g/mol. The Balaban J connectivity index is 1.90. The van der Waals surface area contributed by atoms with E-state index in [9.17, 15) is 15.2 Å². The van der Waals surface area contributed by atoms with Gasteiger partial charge < -0.3 is 15.0 Å². The topological polar surface area (TPSA) is 95.3 Å². The molecular weight excluding hydrogens is 284 g/mol. The first-order valence-electron chi connectivity index (χ1n) is 7.31. The average Bonchev–Trinajstić information content (AvgIpc) is 3.09. The summed E-state index contributed by atoms with van der Waals surface area (Å²) >= 11 is 0. The van der Waals surface area contributed by atoms with E-state index in [-0.39, 0.29) is 23.1 Å². The standard InChI is InChI=1S/C15H18N4O3/c20-10-11-3-4-13(19(21)22)14(8-11)18-7-1-2-12(9-18)15-16-5-6-17-15/h3-6,8,12,20H,1-2,7,9-10H2,(H,16,17)/t12-/m1/s1. The molecular formula is C15H18N4O3. The Morgan fingerprint density at radius 1 is 1.50 bits per heavy atom. The molecule has 1 atom stereocenters. The van der Waals surface area contributed by atoms with Crippen molar-refractivity contribution in [2.24, 2.45) is 0 Å². The van der Waals surface area contributed by atoms with Crippen LogP contribution in [0, 0.1) is 10.1 Å². The smallest absolute Gasteiger partial charge is 0.292 e. The molecule has 116 valence electrons. The number of nitro groups is 1. The highest BCUT2D eigenvalue weighted by Gasteiger charge is 2.27. The van der Waals surface area contributed by atoms with Crippen LogP contribution in [0.2, 0.25) is 0 Å². The zero-order valence-electron chi connectivity index (χ0n) is 12.1. The van der Waals surface area contributed by atoms with E-state index >= 15 is 0 Å². The Kier molecular flexibility index (Phi) is 4.06. The Labute approximate surface area is 127 Å². The fourth-order valence-electron chi connectivity index (χ4n) is 2.99. The number of piperidine rings is 1. The van der Waals surface area contributed by atoms with Crippen LogP contribution in [0.25, 0.3) is 0 Å². The van der Waals surface area contributed by atoms with Gasteiger partial charge in [0.15, 0.2) is 0 Å². The number of aromatic amines is 1. The minimum Gasteiger partial charge on any atom is -0.392 e. The largest absolute Gasteiger partial charge is 0.392 e. The van der Waals surface area contributed by atoms with Crippen molar-refractivity contribution in [3.05, 3.63) is 52.1 Å². The second kappa shape index (κ2) is 6.15. The highest BCUT2D eigenvalue weighted by atomic mass is 16.6. The lowest BCUT2D eigenvalue weighted by molar-refractivity contribution is -0.384. The summed E-state index contributed by atoms with van der Waals surface area (Å²) < 4.78 is 0. The first kappa shape index (κ1) is 14.5. The zero-order chi connectivity index (χ0) is 15.5. The van der Waals surface area contributed by atoms with Gasteiger partial charge in [-0.3, -0.25) is 10.1 Å². The SMILES string of the molecule is O=[N+]([O-])c1ccc(CO)cc1N1CCC[C@@H](c2ncc[nH]2)C1. The third-order valence-electron chi connectivity index (χ3n) is 4.09. The summed E-state index contributed by atoms with van der Waals surface area (Å²) in [5.74, 6) is 1.16. The molecule has 0 amide bonds. The van der Waals surface area contributed by atoms with E-state index in [1.54, 1.807) is 24.5 Å². The fraction of sp³-hybridized carbons (Fsp3) is 0.400. The third-order valence-corrected chi connectivity index (χ3v) is 4.09. The molecule has 1 aromatic heterocycles. The van der Waals surface area contributed by atoms with E-state index in [0.29, 0.717) is 17.8 Å². The summed E-state index contributed by atoms with van der Waals surface area (Å²) in [7, 11) is 0. The summed E-state index contributed by atoms with van der Waals surface area (Å²) in [4.78, 5) is 20.4. The van der Waals surface area contributed by atoms with Crippen LogP contribution in [0.3, 0.4) is 0 Å². The monoisotopic (exact) mass is 302 g/mol. The number of rotatable bonds is 4. The first-order valence-corrected chi connectivity index (χ1v) is 7.31. The van der Waals surface area contributed by atoms with Crippen LogP contribution in [-0.4, -0.2) is 33.1 Å². The predicted octanol–water partition coefficient (Wildman–Crippen LogP) is 2.19. The lowest BCUT2D eigenvalue weighted by Gasteiger charge is -2.33. The van der Waals surface area contributed by atoms with E-state index in [1.165, 1.54) is 6.07 Å². The van der Waals surface area contributed by atoms with Crippen molar-refractivity contribution >= 4 is 11.4 Å². The van der Waals surface area contributed by atoms with Crippen LogP contribution in [-0.2, 0) is 6.61 Å². The highest BCUT2D eigenvalue weighted by Crippen LogP contribution is 2.34. The van der Waals surface area contributed by atoms with Gasteiger partial charge in [-0.25, -0.2) is 4.98 Å². The number of imidazole rings is 1. The number of H-pyrrole nitrogens is 1. The molecule has 0 aliphatic carbocycles. The summed E-state index contributed by atoms with van der Waals surface area (Å²) in [6.07, 6.45) is 5.48. The van der Waals surface area contributed by atoms with E-state index in [0.717, 1.165) is 25.2 Å². The Morgan fingerprint density at radius 2 is 2.36 bits per heavy atom. The Morgan fingerprint density at radius 3 is 3.05 bits per heavy atom. The van der Waals surface area contributed by atoms with Gasteiger partial charge in [0.05, 0.1) is 11.5 Å². The lowest BCUT2D eigenvalue weighted by atomic mass is 9.96. The molecule has 2 aromatic rings. The predicted molar refractivity (Wildman–Crippen MR) is 81.8 cm³/mol. The number of nitrogens with one attached hydrogen (secondary N) is 1. The molecule has 0 unspecified atom stereocenters. The zero-order valence-corrected chi connectivity index (χ0v) is 12.1. The molecule has 1 fully saturated rings. The second-order valence-electron chi connectivity index (χ2n) is 5.50.